The van der Waals surface area contributed by atoms with Crippen LogP contribution in [0.5, 0.6) is 0 Å². The molecule has 9 heteroatoms. The first-order valence-electron chi connectivity index (χ1n) is 9.17. The number of guanidine groups is 1. The molecule has 0 spiro atoms. The van der Waals surface area contributed by atoms with Gasteiger partial charge in [-0.1, -0.05) is 6.08 Å². The molecule has 1 heterocycles. The lowest BCUT2D eigenvalue weighted by Gasteiger charge is -2.23. The number of rotatable bonds is 11. The van der Waals surface area contributed by atoms with Gasteiger partial charge in [-0.3, -0.25) is 4.99 Å². The van der Waals surface area contributed by atoms with Crippen LogP contribution >= 0.6 is 24.0 Å². The Bertz CT molecular complexity index is 508. The maximum Gasteiger partial charge on any atom is 0.213 e. The third-order valence-electron chi connectivity index (χ3n) is 4.02. The van der Waals surface area contributed by atoms with E-state index in [1.54, 1.807) is 0 Å². The van der Waals surface area contributed by atoms with Gasteiger partial charge in [-0.2, -0.15) is 0 Å². The first-order valence-corrected chi connectivity index (χ1v) is 10.8. The van der Waals surface area contributed by atoms with Gasteiger partial charge in [0.05, 0.1) is 18.4 Å². The molecule has 0 aromatic carbocycles. The number of hydrogen-bond donors (Lipinski definition) is 2. The molecular formula is C17H35IN4O3S. The zero-order valence-corrected chi connectivity index (χ0v) is 19.2. The summed E-state index contributed by atoms with van der Waals surface area (Å²) in [5, 5.41) is 3.19. The van der Waals surface area contributed by atoms with E-state index in [0.717, 1.165) is 57.8 Å². The molecule has 0 radical (unpaired) electrons. The van der Waals surface area contributed by atoms with Crippen molar-refractivity contribution in [1.29, 1.82) is 0 Å². The Hall–Kier alpha value is -0.390. The summed E-state index contributed by atoms with van der Waals surface area (Å²) in [7, 11) is -1.38. The molecule has 1 rings (SSSR count). The summed E-state index contributed by atoms with van der Waals surface area (Å²) in [5.41, 5.74) is 0. The largest absolute Gasteiger partial charge is 0.377 e. The van der Waals surface area contributed by atoms with E-state index in [1.165, 1.54) is 0 Å². The number of nitrogens with zero attached hydrogens (tertiary/aromatic N) is 2. The van der Waals surface area contributed by atoms with E-state index < -0.39 is 10.0 Å². The van der Waals surface area contributed by atoms with Crippen LogP contribution < -0.4 is 10.0 Å². The van der Waals surface area contributed by atoms with Gasteiger partial charge < -0.3 is 15.0 Å². The second-order valence-electron chi connectivity index (χ2n) is 6.24. The maximum absolute atomic E-state index is 12.1. The molecule has 26 heavy (non-hydrogen) atoms. The molecule has 1 atom stereocenters. The molecule has 1 fully saturated rings. The van der Waals surface area contributed by atoms with Crippen molar-refractivity contribution in [3.05, 3.63) is 12.7 Å². The summed E-state index contributed by atoms with van der Waals surface area (Å²) in [4.78, 5) is 6.44. The fourth-order valence-electron chi connectivity index (χ4n) is 2.58. The van der Waals surface area contributed by atoms with Gasteiger partial charge in [-0.25, -0.2) is 13.1 Å². The number of nitrogens with one attached hydrogen (secondary N) is 2. The molecule has 7 nitrogen and oxygen atoms in total. The molecule has 0 aromatic heterocycles. The number of ether oxygens (including phenoxy) is 1. The standard InChI is InChI=1S/C17H34N4O3S.HI/c1-4-6-8-12-21(3)17(18-5-2)19-11-14-25(22,23)20-15-16-10-7-9-13-24-16;/h4,16,20H,1,5-15H2,2-3H3,(H,18,19);1H. The van der Waals surface area contributed by atoms with Crippen LogP contribution in [0.2, 0.25) is 0 Å². The predicted molar refractivity (Wildman–Crippen MR) is 119 cm³/mol. The van der Waals surface area contributed by atoms with Gasteiger partial charge >= 0.3 is 0 Å². The minimum Gasteiger partial charge on any atom is -0.377 e. The normalized spacial score (nSPS) is 18.1. The minimum absolute atomic E-state index is 0. The van der Waals surface area contributed by atoms with Crippen LogP contribution in [0.3, 0.4) is 0 Å². The molecule has 154 valence electrons. The highest BCUT2D eigenvalue weighted by Crippen LogP contribution is 2.11. The van der Waals surface area contributed by atoms with E-state index in [9.17, 15) is 8.42 Å². The average Bonchev–Trinajstić information content (AvgIpc) is 2.60. The highest BCUT2D eigenvalue weighted by Gasteiger charge is 2.17. The number of sulfonamides is 1. The molecule has 2 N–H and O–H groups in total. The van der Waals surface area contributed by atoms with Crippen LogP contribution in [0.25, 0.3) is 0 Å². The van der Waals surface area contributed by atoms with Crippen molar-refractivity contribution in [2.75, 3.05) is 45.6 Å². The molecular weight excluding hydrogens is 467 g/mol. The lowest BCUT2D eigenvalue weighted by molar-refractivity contribution is 0.0200. The molecule has 1 aliphatic rings. The van der Waals surface area contributed by atoms with Gasteiger partial charge in [0.15, 0.2) is 5.96 Å². The topological polar surface area (TPSA) is 83.0 Å². The van der Waals surface area contributed by atoms with Crippen molar-refractivity contribution in [2.45, 2.75) is 45.1 Å². The highest BCUT2D eigenvalue weighted by atomic mass is 127. The Kier molecular flexibility index (Phi) is 14.4. The number of unbranched alkanes of at least 4 members (excludes halogenated alkanes) is 1. The Labute approximate surface area is 176 Å². The molecule has 0 amide bonds. The number of halogens is 1. The molecule has 0 saturated carbocycles. The summed E-state index contributed by atoms with van der Waals surface area (Å²) >= 11 is 0. The second-order valence-corrected chi connectivity index (χ2v) is 8.17. The van der Waals surface area contributed by atoms with Crippen LogP contribution in [-0.4, -0.2) is 71.0 Å². The van der Waals surface area contributed by atoms with Gasteiger partial charge in [-0.15, -0.1) is 30.6 Å². The van der Waals surface area contributed by atoms with Crippen LogP contribution in [-0.2, 0) is 14.8 Å². The first-order chi connectivity index (χ1) is 12.0. The molecule has 0 aliphatic carbocycles. The third-order valence-corrected chi connectivity index (χ3v) is 5.35. The molecule has 1 saturated heterocycles. The first kappa shape index (κ1) is 25.6. The van der Waals surface area contributed by atoms with E-state index in [0.29, 0.717) is 6.54 Å². The predicted octanol–water partition coefficient (Wildman–Crippen LogP) is 1.96. The summed E-state index contributed by atoms with van der Waals surface area (Å²) in [5.74, 6) is 0.715. The Morgan fingerprint density at radius 2 is 2.19 bits per heavy atom. The zero-order valence-electron chi connectivity index (χ0n) is 16.1. The van der Waals surface area contributed by atoms with E-state index in [-0.39, 0.29) is 42.4 Å². The molecule has 0 bridgehead atoms. The van der Waals surface area contributed by atoms with Crippen molar-refractivity contribution >= 4 is 40.0 Å². The Morgan fingerprint density at radius 1 is 1.42 bits per heavy atom. The lowest BCUT2D eigenvalue weighted by Crippen LogP contribution is -2.40. The fourth-order valence-corrected chi connectivity index (χ4v) is 3.50. The van der Waals surface area contributed by atoms with Crippen molar-refractivity contribution < 1.29 is 13.2 Å². The van der Waals surface area contributed by atoms with E-state index in [2.05, 4.69) is 21.6 Å². The van der Waals surface area contributed by atoms with Gasteiger partial charge in [0.1, 0.15) is 0 Å². The molecule has 1 unspecified atom stereocenters. The van der Waals surface area contributed by atoms with Crippen LogP contribution in [0.4, 0.5) is 0 Å². The van der Waals surface area contributed by atoms with Gasteiger partial charge in [0.25, 0.3) is 0 Å². The minimum atomic E-state index is -3.33. The second kappa shape index (κ2) is 14.6. The Balaban J connectivity index is 0.00000625. The summed E-state index contributed by atoms with van der Waals surface area (Å²) in [6.45, 7) is 8.62. The average molecular weight is 502 g/mol. The molecule has 1 aliphatic heterocycles. The van der Waals surface area contributed by atoms with Gasteiger partial charge in [0.2, 0.25) is 10.0 Å². The van der Waals surface area contributed by atoms with E-state index in [1.807, 2.05) is 24.9 Å². The van der Waals surface area contributed by atoms with Gasteiger partial charge in [0, 0.05) is 33.3 Å². The van der Waals surface area contributed by atoms with Crippen LogP contribution in [0.15, 0.2) is 17.6 Å². The fraction of sp³-hybridized carbons (Fsp3) is 0.824. The zero-order chi connectivity index (χ0) is 18.5. The smallest absolute Gasteiger partial charge is 0.213 e. The van der Waals surface area contributed by atoms with Crippen molar-refractivity contribution in [3.8, 4) is 0 Å². The monoisotopic (exact) mass is 502 g/mol. The lowest BCUT2D eigenvalue weighted by atomic mass is 10.1. The number of allylic oxidation sites excluding steroid dienone is 1. The highest BCUT2D eigenvalue weighted by molar-refractivity contribution is 14.0. The quantitative estimate of drug-likeness (QED) is 0.148. The maximum atomic E-state index is 12.1. The molecule has 0 aromatic rings. The van der Waals surface area contributed by atoms with E-state index >= 15 is 0 Å². The van der Waals surface area contributed by atoms with Gasteiger partial charge in [-0.05, 0) is 39.0 Å². The summed E-state index contributed by atoms with van der Waals surface area (Å²) < 4.78 is 32.4. The van der Waals surface area contributed by atoms with Crippen molar-refractivity contribution in [1.82, 2.24) is 14.9 Å². The SMILES string of the molecule is C=CCCCN(C)C(=NCCS(=O)(=O)NCC1CCCCO1)NCC.I. The summed E-state index contributed by atoms with van der Waals surface area (Å²) in [6.07, 6.45) is 6.91. The van der Waals surface area contributed by atoms with Crippen molar-refractivity contribution in [3.63, 3.8) is 0 Å². The number of hydrogen-bond acceptors (Lipinski definition) is 4. The summed E-state index contributed by atoms with van der Waals surface area (Å²) in [6, 6.07) is 0. The van der Waals surface area contributed by atoms with Crippen molar-refractivity contribution in [2.24, 2.45) is 4.99 Å². The Morgan fingerprint density at radius 3 is 2.81 bits per heavy atom. The van der Waals surface area contributed by atoms with Crippen LogP contribution in [0, 0.1) is 0 Å². The van der Waals surface area contributed by atoms with Crippen LogP contribution in [0.1, 0.15) is 39.0 Å². The third kappa shape index (κ3) is 11.3. The van der Waals surface area contributed by atoms with E-state index in [4.69, 9.17) is 4.74 Å². The number of aliphatic imine (C=N–C) groups is 1.